The van der Waals surface area contributed by atoms with E-state index < -0.39 is 24.3 Å². The maximum atomic E-state index is 11.7. The van der Waals surface area contributed by atoms with Gasteiger partial charge < -0.3 is 25.4 Å². The van der Waals surface area contributed by atoms with Crippen LogP contribution in [0.2, 0.25) is 0 Å². The predicted molar refractivity (Wildman–Crippen MR) is 96.7 cm³/mol. The first-order chi connectivity index (χ1) is 12.4. The summed E-state index contributed by atoms with van der Waals surface area (Å²) in [5.41, 5.74) is 0.998. The lowest BCUT2D eigenvalue weighted by Gasteiger charge is -2.19. The summed E-state index contributed by atoms with van der Waals surface area (Å²) in [6.07, 6.45) is -3.45. The van der Waals surface area contributed by atoms with Crippen molar-refractivity contribution in [3.63, 3.8) is 0 Å². The van der Waals surface area contributed by atoms with Gasteiger partial charge in [-0.15, -0.1) is 0 Å². The molecule has 0 saturated carbocycles. The predicted octanol–water partition coefficient (Wildman–Crippen LogP) is 2.47. The fourth-order valence-corrected chi connectivity index (χ4v) is 2.71. The molecular formula is C18H18BrNO6. The molecular weight excluding hydrogens is 406 g/mol. The van der Waals surface area contributed by atoms with Crippen molar-refractivity contribution in [1.82, 2.24) is 5.32 Å². The van der Waals surface area contributed by atoms with Gasteiger partial charge in [-0.25, -0.2) is 9.59 Å². The van der Waals surface area contributed by atoms with Gasteiger partial charge in [-0.3, -0.25) is 0 Å². The molecule has 1 amide bonds. The fraction of sp³-hybridized carbons (Fsp3) is 0.222. The van der Waals surface area contributed by atoms with Crippen molar-refractivity contribution < 1.29 is 29.6 Å². The van der Waals surface area contributed by atoms with E-state index in [1.54, 1.807) is 12.1 Å². The zero-order chi connectivity index (χ0) is 19.1. The molecule has 0 aliphatic rings. The largest absolute Gasteiger partial charge is 0.478 e. The average molecular weight is 424 g/mol. The second-order valence-electron chi connectivity index (χ2n) is 5.53. The SMILES string of the molecule is O=C(NCC(O)C(O)c1cc(Br)cc(C(=O)O)c1)OCc1ccccc1. The molecule has 7 nitrogen and oxygen atoms in total. The maximum Gasteiger partial charge on any atom is 0.407 e. The van der Waals surface area contributed by atoms with Crippen molar-refractivity contribution in [1.29, 1.82) is 0 Å². The number of hydrogen-bond acceptors (Lipinski definition) is 5. The highest BCUT2D eigenvalue weighted by atomic mass is 79.9. The fourth-order valence-electron chi connectivity index (χ4n) is 2.20. The molecule has 0 aliphatic heterocycles. The van der Waals surface area contributed by atoms with Crippen LogP contribution in [0.15, 0.2) is 53.0 Å². The van der Waals surface area contributed by atoms with E-state index in [9.17, 15) is 19.8 Å². The first kappa shape index (κ1) is 19.9. The number of carboxylic acid groups (broad SMARTS) is 1. The Morgan fingerprint density at radius 1 is 1.12 bits per heavy atom. The Balaban J connectivity index is 1.87. The van der Waals surface area contributed by atoms with Gasteiger partial charge >= 0.3 is 12.1 Å². The summed E-state index contributed by atoms with van der Waals surface area (Å²) < 4.78 is 5.46. The molecule has 138 valence electrons. The summed E-state index contributed by atoms with van der Waals surface area (Å²) >= 11 is 3.16. The third-order valence-electron chi connectivity index (χ3n) is 3.54. The van der Waals surface area contributed by atoms with E-state index in [0.29, 0.717) is 4.47 Å². The lowest BCUT2D eigenvalue weighted by Crippen LogP contribution is -2.35. The number of rotatable bonds is 7. The number of ether oxygens (including phenoxy) is 1. The van der Waals surface area contributed by atoms with Gasteiger partial charge in [-0.2, -0.15) is 0 Å². The van der Waals surface area contributed by atoms with Gasteiger partial charge in [0.05, 0.1) is 5.56 Å². The highest BCUT2D eigenvalue weighted by Gasteiger charge is 2.21. The molecule has 8 heteroatoms. The lowest BCUT2D eigenvalue weighted by molar-refractivity contribution is 0.0183. The van der Waals surface area contributed by atoms with Crippen LogP contribution in [0, 0.1) is 0 Å². The topological polar surface area (TPSA) is 116 Å². The molecule has 2 atom stereocenters. The van der Waals surface area contributed by atoms with E-state index in [1.165, 1.54) is 18.2 Å². The molecule has 0 spiro atoms. The number of aliphatic hydroxyl groups is 2. The normalized spacial score (nSPS) is 12.9. The Kier molecular flexibility index (Phi) is 7.14. The van der Waals surface area contributed by atoms with E-state index in [-0.39, 0.29) is 24.3 Å². The van der Waals surface area contributed by atoms with Gasteiger partial charge in [0.15, 0.2) is 0 Å². The zero-order valence-electron chi connectivity index (χ0n) is 13.6. The molecule has 2 aromatic rings. The molecule has 2 rings (SSSR count). The lowest BCUT2D eigenvalue weighted by atomic mass is 10.0. The minimum Gasteiger partial charge on any atom is -0.478 e. The third-order valence-corrected chi connectivity index (χ3v) is 4.00. The van der Waals surface area contributed by atoms with Gasteiger partial charge in [0.1, 0.15) is 18.8 Å². The molecule has 2 unspecified atom stereocenters. The van der Waals surface area contributed by atoms with Crippen LogP contribution >= 0.6 is 15.9 Å². The van der Waals surface area contributed by atoms with Crippen molar-refractivity contribution in [2.24, 2.45) is 0 Å². The number of benzene rings is 2. The highest BCUT2D eigenvalue weighted by molar-refractivity contribution is 9.10. The number of halogens is 1. The molecule has 0 aliphatic carbocycles. The molecule has 0 radical (unpaired) electrons. The van der Waals surface area contributed by atoms with Gasteiger partial charge in [0.25, 0.3) is 0 Å². The van der Waals surface area contributed by atoms with Crippen molar-refractivity contribution in [2.45, 2.75) is 18.8 Å². The second-order valence-corrected chi connectivity index (χ2v) is 6.45. The second kappa shape index (κ2) is 9.33. The Labute approximate surface area is 158 Å². The standard InChI is InChI=1S/C18H18BrNO6/c19-14-7-12(6-13(8-14)17(23)24)16(22)15(21)9-20-18(25)26-10-11-4-2-1-3-5-11/h1-8,15-16,21-22H,9-10H2,(H,20,25)(H,23,24). The van der Waals surface area contributed by atoms with Crippen molar-refractivity contribution in [2.75, 3.05) is 6.54 Å². The first-order valence-corrected chi connectivity index (χ1v) is 8.50. The molecule has 0 bridgehead atoms. The van der Waals surface area contributed by atoms with Crippen LogP contribution in [0.3, 0.4) is 0 Å². The smallest absolute Gasteiger partial charge is 0.407 e. The van der Waals surface area contributed by atoms with Crippen molar-refractivity contribution >= 4 is 28.0 Å². The third kappa shape index (κ3) is 5.83. The number of hydrogen-bond donors (Lipinski definition) is 4. The monoisotopic (exact) mass is 423 g/mol. The molecule has 26 heavy (non-hydrogen) atoms. The zero-order valence-corrected chi connectivity index (χ0v) is 15.2. The minimum atomic E-state index is -1.37. The van der Waals surface area contributed by atoms with E-state index in [2.05, 4.69) is 21.2 Å². The summed E-state index contributed by atoms with van der Waals surface area (Å²) in [6, 6.07) is 13.2. The van der Waals surface area contributed by atoms with Crippen molar-refractivity contribution in [3.05, 3.63) is 69.7 Å². The summed E-state index contributed by atoms with van der Waals surface area (Å²) in [5.74, 6) is -1.16. The molecule has 2 aromatic carbocycles. The number of carbonyl (C=O) groups excluding carboxylic acids is 1. The van der Waals surface area contributed by atoms with Crippen LogP contribution in [0.25, 0.3) is 0 Å². The van der Waals surface area contributed by atoms with Crippen LogP contribution in [-0.2, 0) is 11.3 Å². The molecule has 0 saturated heterocycles. The first-order valence-electron chi connectivity index (χ1n) is 7.71. The quantitative estimate of drug-likeness (QED) is 0.543. The number of carbonyl (C=O) groups is 2. The summed E-state index contributed by atoms with van der Waals surface area (Å²) in [6.45, 7) is -0.178. The summed E-state index contributed by atoms with van der Waals surface area (Å²) in [7, 11) is 0. The van der Waals surface area contributed by atoms with E-state index in [0.717, 1.165) is 5.56 Å². The van der Waals surface area contributed by atoms with Gasteiger partial charge in [0, 0.05) is 11.0 Å². The van der Waals surface area contributed by atoms with E-state index >= 15 is 0 Å². The van der Waals surface area contributed by atoms with Gasteiger partial charge in [-0.1, -0.05) is 46.3 Å². The van der Waals surface area contributed by atoms with Crippen LogP contribution in [0.1, 0.15) is 27.6 Å². The molecule has 0 aromatic heterocycles. The highest BCUT2D eigenvalue weighted by Crippen LogP contribution is 2.23. The molecule has 0 fully saturated rings. The van der Waals surface area contributed by atoms with Crippen LogP contribution in [0.5, 0.6) is 0 Å². The number of alkyl carbamates (subject to hydrolysis) is 1. The minimum absolute atomic E-state index is 0.0316. The average Bonchev–Trinajstić information content (AvgIpc) is 2.64. The summed E-state index contributed by atoms with van der Waals surface area (Å²) in [5, 5.41) is 31.6. The molecule has 4 N–H and O–H groups in total. The van der Waals surface area contributed by atoms with E-state index in [1.807, 2.05) is 18.2 Å². The Morgan fingerprint density at radius 2 is 1.81 bits per heavy atom. The van der Waals surface area contributed by atoms with E-state index in [4.69, 9.17) is 9.84 Å². The van der Waals surface area contributed by atoms with Crippen molar-refractivity contribution in [3.8, 4) is 0 Å². The van der Waals surface area contributed by atoms with Crippen LogP contribution in [-0.4, -0.2) is 40.0 Å². The number of nitrogens with one attached hydrogen (secondary N) is 1. The van der Waals surface area contributed by atoms with Gasteiger partial charge in [0.2, 0.25) is 0 Å². The Bertz CT molecular complexity index is 768. The summed E-state index contributed by atoms with van der Waals surface area (Å²) in [4.78, 5) is 22.7. The Hall–Kier alpha value is -2.42. The molecule has 0 heterocycles. The number of aliphatic hydroxyl groups excluding tert-OH is 2. The van der Waals surface area contributed by atoms with Crippen LogP contribution < -0.4 is 5.32 Å². The Morgan fingerprint density at radius 3 is 2.46 bits per heavy atom. The van der Waals surface area contributed by atoms with Gasteiger partial charge in [-0.05, 0) is 29.3 Å². The maximum absolute atomic E-state index is 11.7. The number of aromatic carboxylic acids is 1. The van der Waals surface area contributed by atoms with Crippen LogP contribution in [0.4, 0.5) is 4.79 Å². The number of carboxylic acids is 1. The number of amides is 1.